The number of methoxy groups -OCH3 is 2. The fourth-order valence-corrected chi connectivity index (χ4v) is 4.32. The van der Waals surface area contributed by atoms with Gasteiger partial charge in [0.2, 0.25) is 0 Å². The molecule has 176 valence electrons. The van der Waals surface area contributed by atoms with Crippen molar-refractivity contribution in [3.05, 3.63) is 57.3 Å². The van der Waals surface area contributed by atoms with Crippen LogP contribution in [0.3, 0.4) is 0 Å². The molecule has 1 aliphatic heterocycles. The molecule has 0 spiro atoms. The molecule has 8 nitrogen and oxygen atoms in total. The monoisotopic (exact) mass is 494 g/mol. The molecule has 0 saturated carbocycles. The Morgan fingerprint density at radius 2 is 1.88 bits per heavy atom. The number of carbonyl (C=O) groups excluding carboxylic acids is 2. The number of pyridine rings is 1. The van der Waals surface area contributed by atoms with E-state index in [0.29, 0.717) is 5.69 Å². The summed E-state index contributed by atoms with van der Waals surface area (Å²) in [6.45, 7) is 4.07. The number of rotatable bonds is 8. The molecule has 1 amide bonds. The summed E-state index contributed by atoms with van der Waals surface area (Å²) in [5, 5.41) is 11.4. The van der Waals surface area contributed by atoms with Crippen molar-refractivity contribution in [2.75, 3.05) is 27.4 Å². The van der Waals surface area contributed by atoms with Crippen LogP contribution in [0.1, 0.15) is 31.1 Å². The largest absolute Gasteiger partial charge is 0.507 e. The van der Waals surface area contributed by atoms with Gasteiger partial charge in [0.05, 0.1) is 48.8 Å². The van der Waals surface area contributed by atoms with Gasteiger partial charge in [0.25, 0.3) is 11.7 Å². The fourth-order valence-electron chi connectivity index (χ4n) is 3.63. The molecule has 2 heterocycles. The van der Waals surface area contributed by atoms with E-state index in [9.17, 15) is 14.7 Å². The van der Waals surface area contributed by atoms with E-state index in [2.05, 4.69) is 4.98 Å². The van der Waals surface area contributed by atoms with Gasteiger partial charge in [0.1, 0.15) is 16.8 Å². The van der Waals surface area contributed by atoms with E-state index in [1.165, 1.54) is 25.2 Å². The number of ketones is 1. The maximum absolute atomic E-state index is 13.1. The first-order valence-corrected chi connectivity index (χ1v) is 10.9. The molecule has 1 unspecified atom stereocenters. The summed E-state index contributed by atoms with van der Waals surface area (Å²) in [7, 11) is 2.74. The van der Waals surface area contributed by atoms with Crippen LogP contribution in [0.25, 0.3) is 5.76 Å². The second-order valence-corrected chi connectivity index (χ2v) is 8.24. The number of likely N-dealkylation sites (tertiary alicyclic amines) is 1. The van der Waals surface area contributed by atoms with Gasteiger partial charge in [0.15, 0.2) is 11.5 Å². The van der Waals surface area contributed by atoms with Crippen LogP contribution in [-0.2, 0) is 14.3 Å². The van der Waals surface area contributed by atoms with Crippen molar-refractivity contribution in [1.82, 2.24) is 9.88 Å². The van der Waals surface area contributed by atoms with E-state index in [1.54, 1.807) is 24.4 Å². The number of aliphatic hydroxyl groups excluding tert-OH is 1. The van der Waals surface area contributed by atoms with Crippen LogP contribution >= 0.6 is 23.2 Å². The van der Waals surface area contributed by atoms with Crippen LogP contribution in [0.5, 0.6) is 11.5 Å². The summed E-state index contributed by atoms with van der Waals surface area (Å²) >= 11 is 12.6. The maximum atomic E-state index is 13.1. The number of aliphatic hydroxyl groups is 1. The molecule has 1 aromatic heterocycles. The number of carbonyl (C=O) groups is 2. The summed E-state index contributed by atoms with van der Waals surface area (Å²) in [4.78, 5) is 31.7. The molecule has 1 aromatic carbocycles. The smallest absolute Gasteiger partial charge is 0.295 e. The third kappa shape index (κ3) is 4.78. The van der Waals surface area contributed by atoms with Crippen LogP contribution in [0.15, 0.2) is 36.0 Å². The highest BCUT2D eigenvalue weighted by atomic mass is 35.5. The Balaban J connectivity index is 2.20. The van der Waals surface area contributed by atoms with Gasteiger partial charge in [-0.2, -0.15) is 0 Å². The summed E-state index contributed by atoms with van der Waals surface area (Å²) in [6, 6.07) is 5.54. The van der Waals surface area contributed by atoms with Gasteiger partial charge in [-0.15, -0.1) is 0 Å². The molecule has 1 atom stereocenters. The van der Waals surface area contributed by atoms with Crippen molar-refractivity contribution in [1.29, 1.82) is 0 Å². The molecule has 33 heavy (non-hydrogen) atoms. The van der Waals surface area contributed by atoms with Gasteiger partial charge < -0.3 is 24.2 Å². The zero-order chi connectivity index (χ0) is 24.3. The van der Waals surface area contributed by atoms with Crippen molar-refractivity contribution >= 4 is 40.7 Å². The van der Waals surface area contributed by atoms with Crippen molar-refractivity contribution in [3.63, 3.8) is 0 Å². The van der Waals surface area contributed by atoms with E-state index in [4.69, 9.17) is 37.4 Å². The van der Waals surface area contributed by atoms with Crippen LogP contribution in [-0.4, -0.2) is 60.2 Å². The normalized spacial score (nSPS) is 17.7. The van der Waals surface area contributed by atoms with Crippen molar-refractivity contribution in [3.8, 4) is 11.5 Å². The Morgan fingerprint density at radius 3 is 2.45 bits per heavy atom. The third-order valence-electron chi connectivity index (χ3n) is 5.09. The number of amides is 1. The number of aromatic nitrogens is 1. The molecule has 0 radical (unpaired) electrons. The Bertz CT molecular complexity index is 1090. The highest BCUT2D eigenvalue weighted by molar-refractivity contribution is 6.47. The lowest BCUT2D eigenvalue weighted by Gasteiger charge is -2.25. The molecule has 0 bridgehead atoms. The second-order valence-electron chi connectivity index (χ2n) is 7.45. The van der Waals surface area contributed by atoms with Gasteiger partial charge in [0, 0.05) is 12.7 Å². The van der Waals surface area contributed by atoms with E-state index < -0.39 is 23.5 Å². The summed E-state index contributed by atoms with van der Waals surface area (Å²) in [6.07, 6.45) is 1.49. The van der Waals surface area contributed by atoms with Gasteiger partial charge in [-0.05, 0) is 32.0 Å². The number of hydrogen-bond acceptors (Lipinski definition) is 7. The zero-order valence-corrected chi connectivity index (χ0v) is 20.1. The summed E-state index contributed by atoms with van der Waals surface area (Å²) in [5.41, 5.74) is 0.303. The molecule has 1 N–H and O–H groups in total. The summed E-state index contributed by atoms with van der Waals surface area (Å²) in [5.74, 6) is -1.93. The molecule has 2 aromatic rings. The number of hydrogen-bond donors (Lipinski definition) is 1. The van der Waals surface area contributed by atoms with Crippen molar-refractivity contribution in [2.24, 2.45) is 0 Å². The minimum absolute atomic E-state index is 0.0167. The molecule has 1 fully saturated rings. The predicted octanol–water partition coefficient (Wildman–Crippen LogP) is 4.25. The third-order valence-corrected chi connectivity index (χ3v) is 5.71. The average Bonchev–Trinajstić information content (AvgIpc) is 3.04. The first-order valence-electron chi connectivity index (χ1n) is 10.1. The first-order chi connectivity index (χ1) is 15.7. The van der Waals surface area contributed by atoms with E-state index in [-0.39, 0.29) is 51.9 Å². The lowest BCUT2D eigenvalue weighted by atomic mass is 9.97. The highest BCUT2D eigenvalue weighted by Crippen LogP contribution is 2.47. The van der Waals surface area contributed by atoms with E-state index in [1.807, 2.05) is 13.8 Å². The van der Waals surface area contributed by atoms with Crippen molar-refractivity contribution < 1.29 is 28.9 Å². The number of ether oxygens (including phenoxy) is 3. The number of benzene rings is 1. The molecular weight excluding hydrogens is 471 g/mol. The minimum atomic E-state index is -0.939. The van der Waals surface area contributed by atoms with E-state index >= 15 is 0 Å². The minimum Gasteiger partial charge on any atom is -0.507 e. The van der Waals surface area contributed by atoms with Gasteiger partial charge in [-0.3, -0.25) is 14.6 Å². The zero-order valence-electron chi connectivity index (χ0n) is 18.6. The van der Waals surface area contributed by atoms with Crippen LogP contribution in [0.2, 0.25) is 10.0 Å². The lowest BCUT2D eigenvalue weighted by molar-refractivity contribution is -0.140. The van der Waals surface area contributed by atoms with Crippen molar-refractivity contribution in [2.45, 2.75) is 26.0 Å². The van der Waals surface area contributed by atoms with Gasteiger partial charge in [-0.25, -0.2) is 0 Å². The lowest BCUT2D eigenvalue weighted by Crippen LogP contribution is -2.33. The second kappa shape index (κ2) is 10.4. The Morgan fingerprint density at radius 1 is 1.18 bits per heavy atom. The quantitative estimate of drug-likeness (QED) is 0.332. The highest BCUT2D eigenvalue weighted by Gasteiger charge is 2.47. The maximum Gasteiger partial charge on any atom is 0.295 e. The van der Waals surface area contributed by atoms with Crippen LogP contribution in [0, 0.1) is 0 Å². The van der Waals surface area contributed by atoms with Gasteiger partial charge >= 0.3 is 0 Å². The molecular formula is C23H24Cl2N2O6. The van der Waals surface area contributed by atoms with Crippen LogP contribution < -0.4 is 9.47 Å². The molecule has 3 rings (SSSR count). The number of Topliss-reactive ketones (excluding diaryl/α,β-unsaturated/α-hetero) is 1. The Hall–Kier alpha value is -2.81. The fraction of sp³-hybridized carbons (Fsp3) is 0.348. The Kier molecular flexibility index (Phi) is 7.84. The molecule has 10 heteroatoms. The SMILES string of the molecule is COc1c(Cl)cc(/C(O)=C2\C(=O)C(=O)N(CCOC(C)C)C2c2ccccn2)c(OC)c1Cl. The molecule has 0 aliphatic carbocycles. The van der Waals surface area contributed by atoms with E-state index in [0.717, 1.165) is 0 Å². The first kappa shape index (κ1) is 24.8. The molecule has 1 saturated heterocycles. The molecule has 1 aliphatic rings. The van der Waals surface area contributed by atoms with Gasteiger partial charge in [-0.1, -0.05) is 29.3 Å². The Labute approximate surface area is 201 Å². The standard InChI is InChI=1S/C23H24Cl2N2O6/c1-12(2)33-10-9-27-18(15-7-5-6-8-26-15)16(20(29)23(27)30)19(28)13-11-14(24)22(32-4)17(25)21(13)31-3/h5-8,11-12,18,28H,9-10H2,1-4H3/b19-16+. The summed E-state index contributed by atoms with van der Waals surface area (Å²) < 4.78 is 16.1. The number of halogens is 2. The number of nitrogens with zero attached hydrogens (tertiary/aromatic N) is 2. The topological polar surface area (TPSA) is 98.2 Å². The van der Waals surface area contributed by atoms with Crippen LogP contribution in [0.4, 0.5) is 0 Å². The predicted molar refractivity (Wildman–Crippen MR) is 124 cm³/mol. The average molecular weight is 495 g/mol.